The van der Waals surface area contributed by atoms with Gasteiger partial charge in [0.15, 0.2) is 0 Å². The van der Waals surface area contributed by atoms with E-state index in [1.807, 2.05) is 19.9 Å². The summed E-state index contributed by atoms with van der Waals surface area (Å²) in [6, 6.07) is 4.82. The number of halogens is 1. The molecule has 19 heavy (non-hydrogen) atoms. The summed E-state index contributed by atoms with van der Waals surface area (Å²) in [6.45, 7) is 5.35. The quantitative estimate of drug-likeness (QED) is 0.883. The third-order valence-electron chi connectivity index (χ3n) is 4.05. The van der Waals surface area contributed by atoms with Crippen LogP contribution in [0.4, 0.5) is 10.1 Å². The number of aliphatic hydroxyl groups is 1. The molecule has 0 radical (unpaired) electrons. The minimum Gasteiger partial charge on any atom is -0.393 e. The maximum absolute atomic E-state index is 13.9. The molecule has 1 aromatic carbocycles. The van der Waals surface area contributed by atoms with Crippen LogP contribution in [0.25, 0.3) is 0 Å². The van der Waals surface area contributed by atoms with Crippen molar-refractivity contribution < 1.29 is 9.50 Å². The topological polar surface area (TPSA) is 49.5 Å². The van der Waals surface area contributed by atoms with E-state index in [9.17, 15) is 9.50 Å². The van der Waals surface area contributed by atoms with Crippen LogP contribution in [0.2, 0.25) is 0 Å². The number of hydrogen-bond acceptors (Lipinski definition) is 3. The van der Waals surface area contributed by atoms with Crippen molar-refractivity contribution in [2.45, 2.75) is 38.8 Å². The molecule has 3 N–H and O–H groups in total. The fourth-order valence-electron chi connectivity index (χ4n) is 2.87. The van der Waals surface area contributed by atoms with Gasteiger partial charge in [0, 0.05) is 30.4 Å². The average Bonchev–Trinajstić information content (AvgIpc) is 2.38. The minimum absolute atomic E-state index is 0.231. The summed E-state index contributed by atoms with van der Waals surface area (Å²) in [5.74, 6) is 0.119. The van der Waals surface area contributed by atoms with Crippen molar-refractivity contribution in [3.63, 3.8) is 0 Å². The van der Waals surface area contributed by atoms with Gasteiger partial charge in [-0.15, -0.1) is 0 Å². The van der Waals surface area contributed by atoms with Gasteiger partial charge in [0.2, 0.25) is 0 Å². The van der Waals surface area contributed by atoms with Gasteiger partial charge in [0.25, 0.3) is 0 Å². The number of nitrogens with two attached hydrogens (primary N) is 1. The van der Waals surface area contributed by atoms with E-state index >= 15 is 0 Å². The molecule has 1 unspecified atom stereocenters. The molecule has 2 atom stereocenters. The standard InChI is InChI=1S/C15H23FN2O/c1-10(17)15-13(16)4-3-5-14(15)18-8-6-12(7-9-18)11(2)19/h3-5,10-12,19H,6-9,17H2,1-2H3/t10-,11?/m0/s1. The average molecular weight is 266 g/mol. The van der Waals surface area contributed by atoms with E-state index in [0.717, 1.165) is 31.6 Å². The fraction of sp³-hybridized carbons (Fsp3) is 0.600. The minimum atomic E-state index is -0.314. The second-order valence-electron chi connectivity index (χ2n) is 5.53. The number of aliphatic hydroxyl groups excluding tert-OH is 1. The zero-order valence-electron chi connectivity index (χ0n) is 11.6. The highest BCUT2D eigenvalue weighted by atomic mass is 19.1. The first-order valence-corrected chi connectivity index (χ1v) is 6.97. The molecule has 1 fully saturated rings. The van der Waals surface area contributed by atoms with Crippen molar-refractivity contribution in [2.75, 3.05) is 18.0 Å². The smallest absolute Gasteiger partial charge is 0.130 e. The maximum atomic E-state index is 13.9. The van der Waals surface area contributed by atoms with Gasteiger partial charge in [-0.05, 0) is 44.7 Å². The molecule has 0 bridgehead atoms. The summed E-state index contributed by atoms with van der Waals surface area (Å²) >= 11 is 0. The molecule has 0 aliphatic carbocycles. The van der Waals surface area contributed by atoms with Crippen LogP contribution in [0.5, 0.6) is 0 Å². The van der Waals surface area contributed by atoms with Crippen LogP contribution in [0.3, 0.4) is 0 Å². The van der Waals surface area contributed by atoms with Gasteiger partial charge in [-0.2, -0.15) is 0 Å². The molecule has 2 rings (SSSR count). The van der Waals surface area contributed by atoms with Crippen molar-refractivity contribution in [3.05, 3.63) is 29.6 Å². The van der Waals surface area contributed by atoms with Gasteiger partial charge in [0.1, 0.15) is 5.82 Å². The molecule has 4 heteroatoms. The van der Waals surface area contributed by atoms with Gasteiger partial charge in [-0.3, -0.25) is 0 Å². The highest BCUT2D eigenvalue weighted by Gasteiger charge is 2.25. The van der Waals surface area contributed by atoms with Crippen LogP contribution in [0, 0.1) is 11.7 Å². The first-order valence-electron chi connectivity index (χ1n) is 6.97. The number of benzene rings is 1. The largest absolute Gasteiger partial charge is 0.393 e. The van der Waals surface area contributed by atoms with Crippen LogP contribution >= 0.6 is 0 Å². The number of nitrogens with zero attached hydrogens (tertiary/aromatic N) is 1. The summed E-state index contributed by atoms with van der Waals surface area (Å²) in [5.41, 5.74) is 7.39. The lowest BCUT2D eigenvalue weighted by Gasteiger charge is -2.36. The van der Waals surface area contributed by atoms with E-state index in [0.29, 0.717) is 11.5 Å². The highest BCUT2D eigenvalue weighted by molar-refractivity contribution is 5.55. The Bertz CT molecular complexity index is 426. The van der Waals surface area contributed by atoms with E-state index in [1.54, 1.807) is 6.07 Å². The summed E-state index contributed by atoms with van der Waals surface area (Å²) in [7, 11) is 0. The fourth-order valence-corrected chi connectivity index (χ4v) is 2.87. The number of hydrogen-bond donors (Lipinski definition) is 2. The first-order chi connectivity index (χ1) is 9.00. The lowest BCUT2D eigenvalue weighted by molar-refractivity contribution is 0.110. The Balaban J connectivity index is 2.18. The molecule has 1 aliphatic rings. The van der Waals surface area contributed by atoms with Crippen LogP contribution in [0.1, 0.15) is 38.3 Å². The molecule has 0 amide bonds. The molecule has 0 saturated carbocycles. The maximum Gasteiger partial charge on any atom is 0.130 e. The van der Waals surface area contributed by atoms with Gasteiger partial charge in [0.05, 0.1) is 6.10 Å². The summed E-state index contributed by atoms with van der Waals surface area (Å²) in [4.78, 5) is 2.18. The number of anilines is 1. The molecule has 1 aliphatic heterocycles. The van der Waals surface area contributed by atoms with Crippen LogP contribution in [-0.2, 0) is 0 Å². The van der Waals surface area contributed by atoms with Crippen molar-refractivity contribution in [3.8, 4) is 0 Å². The zero-order valence-corrected chi connectivity index (χ0v) is 11.6. The second kappa shape index (κ2) is 5.88. The molecule has 3 nitrogen and oxygen atoms in total. The predicted octanol–water partition coefficient (Wildman–Crippen LogP) is 2.44. The number of piperidine rings is 1. The zero-order chi connectivity index (χ0) is 14.0. The van der Waals surface area contributed by atoms with Crippen molar-refractivity contribution >= 4 is 5.69 Å². The molecule has 0 aromatic heterocycles. The van der Waals surface area contributed by atoms with Gasteiger partial charge in [-0.1, -0.05) is 6.07 Å². The van der Waals surface area contributed by atoms with Gasteiger partial charge >= 0.3 is 0 Å². The molecule has 1 saturated heterocycles. The Labute approximate surface area is 114 Å². The SMILES string of the molecule is CC(O)C1CCN(c2cccc(F)c2[C@H](C)N)CC1. The number of rotatable bonds is 3. The van der Waals surface area contributed by atoms with E-state index in [2.05, 4.69) is 4.90 Å². The van der Waals surface area contributed by atoms with Crippen LogP contribution in [-0.4, -0.2) is 24.3 Å². The monoisotopic (exact) mass is 266 g/mol. The summed E-state index contributed by atoms with van der Waals surface area (Å²) < 4.78 is 13.9. The Morgan fingerprint density at radius 3 is 2.47 bits per heavy atom. The Hall–Kier alpha value is -1.13. The molecule has 0 spiro atoms. The Kier molecular flexibility index (Phi) is 4.42. The lowest BCUT2D eigenvalue weighted by Crippen LogP contribution is -2.38. The van der Waals surface area contributed by atoms with Crippen LogP contribution < -0.4 is 10.6 Å². The molecular weight excluding hydrogens is 243 g/mol. The third kappa shape index (κ3) is 3.07. The first kappa shape index (κ1) is 14.3. The molecular formula is C15H23FN2O. The van der Waals surface area contributed by atoms with Crippen molar-refractivity contribution in [2.24, 2.45) is 11.7 Å². The predicted molar refractivity (Wildman–Crippen MR) is 75.6 cm³/mol. The normalized spacial score (nSPS) is 20.4. The summed E-state index contributed by atoms with van der Waals surface area (Å²) in [6.07, 6.45) is 1.61. The third-order valence-corrected chi connectivity index (χ3v) is 4.05. The van der Waals surface area contributed by atoms with Crippen LogP contribution in [0.15, 0.2) is 18.2 Å². The summed E-state index contributed by atoms with van der Waals surface area (Å²) in [5, 5.41) is 9.62. The van der Waals surface area contributed by atoms with E-state index in [1.165, 1.54) is 6.07 Å². The Morgan fingerprint density at radius 2 is 1.95 bits per heavy atom. The lowest BCUT2D eigenvalue weighted by atomic mass is 9.91. The Morgan fingerprint density at radius 1 is 1.32 bits per heavy atom. The van der Waals surface area contributed by atoms with Crippen molar-refractivity contribution in [1.82, 2.24) is 0 Å². The molecule has 1 heterocycles. The second-order valence-corrected chi connectivity index (χ2v) is 5.53. The van der Waals surface area contributed by atoms with Gasteiger partial charge in [-0.25, -0.2) is 4.39 Å². The van der Waals surface area contributed by atoms with Crippen molar-refractivity contribution in [1.29, 1.82) is 0 Å². The van der Waals surface area contributed by atoms with Gasteiger partial charge < -0.3 is 15.7 Å². The highest BCUT2D eigenvalue weighted by Crippen LogP contribution is 2.31. The van der Waals surface area contributed by atoms with E-state index in [-0.39, 0.29) is 18.0 Å². The van der Waals surface area contributed by atoms with E-state index < -0.39 is 0 Å². The molecule has 1 aromatic rings. The van der Waals surface area contributed by atoms with E-state index in [4.69, 9.17) is 5.73 Å². The molecule has 106 valence electrons.